The molecule has 0 aliphatic heterocycles. The van der Waals surface area contributed by atoms with Crippen molar-refractivity contribution in [3.8, 4) is 6.07 Å². The number of rotatable bonds is 4. The van der Waals surface area contributed by atoms with E-state index in [-0.39, 0.29) is 17.7 Å². The molecule has 1 aromatic carbocycles. The Morgan fingerprint density at radius 1 is 1.37 bits per heavy atom. The third kappa shape index (κ3) is 3.38. The van der Waals surface area contributed by atoms with Gasteiger partial charge in [-0.25, -0.2) is 0 Å². The number of likely N-dealkylation sites (N-methyl/N-ethyl adjacent to an activating group) is 1. The van der Waals surface area contributed by atoms with Crippen molar-refractivity contribution >= 4 is 5.69 Å². The molecule has 19 heavy (non-hydrogen) atoms. The summed E-state index contributed by atoms with van der Waals surface area (Å²) in [7, 11) is 1.31. The van der Waals surface area contributed by atoms with E-state index in [4.69, 9.17) is 11.0 Å². The number of halogens is 3. The standard InChI is InChI=1S/C13H16F3N3/c1-3-10(18)12(13(14,15)16)19(2)11-7-5-4-6-9(11)8-17/h4-7,10,12H,3,18H2,1-2H3. The van der Waals surface area contributed by atoms with Crippen LogP contribution in [0.2, 0.25) is 0 Å². The maximum absolute atomic E-state index is 13.1. The van der Waals surface area contributed by atoms with Crippen LogP contribution >= 0.6 is 0 Å². The SMILES string of the molecule is CCC(N)C(N(C)c1ccccc1C#N)C(F)(F)F. The highest BCUT2D eigenvalue weighted by Gasteiger charge is 2.46. The van der Waals surface area contributed by atoms with Crippen LogP contribution in [0.1, 0.15) is 18.9 Å². The summed E-state index contributed by atoms with van der Waals surface area (Å²) in [6, 6.07) is 5.21. The first-order valence-electron chi connectivity index (χ1n) is 5.87. The summed E-state index contributed by atoms with van der Waals surface area (Å²) in [6.07, 6.45) is -4.25. The Balaban J connectivity index is 3.20. The molecular formula is C13H16F3N3. The Bertz CT molecular complexity index is 465. The summed E-state index contributed by atoms with van der Waals surface area (Å²) in [5.74, 6) is 0. The van der Waals surface area contributed by atoms with E-state index in [1.807, 2.05) is 6.07 Å². The molecule has 6 heteroatoms. The Morgan fingerprint density at radius 3 is 2.42 bits per heavy atom. The molecule has 1 aromatic rings. The molecule has 0 saturated heterocycles. The summed E-state index contributed by atoms with van der Waals surface area (Å²) in [5, 5.41) is 8.96. The van der Waals surface area contributed by atoms with Crippen LogP contribution < -0.4 is 10.6 Å². The molecule has 0 aliphatic rings. The van der Waals surface area contributed by atoms with Gasteiger partial charge in [-0.05, 0) is 18.6 Å². The summed E-state index contributed by atoms with van der Waals surface area (Å²) < 4.78 is 39.4. The second-order valence-electron chi connectivity index (χ2n) is 4.30. The number of nitrogens with zero attached hydrogens (tertiary/aromatic N) is 2. The Morgan fingerprint density at radius 2 is 1.95 bits per heavy atom. The number of benzene rings is 1. The van der Waals surface area contributed by atoms with Gasteiger partial charge < -0.3 is 10.6 Å². The second-order valence-corrected chi connectivity index (χ2v) is 4.30. The fraction of sp³-hybridized carbons (Fsp3) is 0.462. The minimum Gasteiger partial charge on any atom is -0.361 e. The monoisotopic (exact) mass is 271 g/mol. The van der Waals surface area contributed by atoms with E-state index >= 15 is 0 Å². The Hall–Kier alpha value is -1.74. The van der Waals surface area contributed by atoms with E-state index in [9.17, 15) is 13.2 Å². The van der Waals surface area contributed by atoms with Crippen LogP contribution in [-0.2, 0) is 0 Å². The maximum atomic E-state index is 13.1. The first kappa shape index (κ1) is 15.3. The van der Waals surface area contributed by atoms with Gasteiger partial charge in [-0.3, -0.25) is 0 Å². The maximum Gasteiger partial charge on any atom is 0.410 e. The van der Waals surface area contributed by atoms with Crippen LogP contribution in [0.15, 0.2) is 24.3 Å². The summed E-state index contributed by atoms with van der Waals surface area (Å²) in [6.45, 7) is 1.60. The number of para-hydroxylation sites is 1. The van der Waals surface area contributed by atoms with Gasteiger partial charge in [0.05, 0.1) is 11.3 Å². The molecule has 0 saturated carbocycles. The molecule has 0 spiro atoms. The normalized spacial score (nSPS) is 14.6. The minimum absolute atomic E-state index is 0.197. The van der Waals surface area contributed by atoms with Crippen LogP contribution in [0, 0.1) is 11.3 Å². The number of anilines is 1. The van der Waals surface area contributed by atoms with Gasteiger partial charge in [-0.1, -0.05) is 19.1 Å². The zero-order chi connectivity index (χ0) is 14.6. The van der Waals surface area contributed by atoms with E-state index in [1.54, 1.807) is 19.1 Å². The summed E-state index contributed by atoms with van der Waals surface area (Å²) in [5.41, 5.74) is 6.02. The zero-order valence-electron chi connectivity index (χ0n) is 10.8. The average molecular weight is 271 g/mol. The van der Waals surface area contributed by atoms with E-state index in [1.165, 1.54) is 19.2 Å². The molecule has 104 valence electrons. The van der Waals surface area contributed by atoms with E-state index in [2.05, 4.69) is 0 Å². The molecule has 0 bridgehead atoms. The third-order valence-corrected chi connectivity index (χ3v) is 3.03. The summed E-state index contributed by atoms with van der Waals surface area (Å²) in [4.78, 5) is 1.03. The topological polar surface area (TPSA) is 53.0 Å². The van der Waals surface area contributed by atoms with Crippen molar-refractivity contribution in [3.63, 3.8) is 0 Å². The lowest BCUT2D eigenvalue weighted by atomic mass is 10.0. The van der Waals surface area contributed by atoms with Crippen molar-refractivity contribution in [2.75, 3.05) is 11.9 Å². The summed E-state index contributed by atoms with van der Waals surface area (Å²) >= 11 is 0. The number of nitriles is 1. The second kappa shape index (κ2) is 5.93. The lowest BCUT2D eigenvalue weighted by molar-refractivity contribution is -0.152. The number of nitrogens with two attached hydrogens (primary N) is 1. The molecule has 0 fully saturated rings. The van der Waals surface area contributed by atoms with E-state index in [0.29, 0.717) is 0 Å². The highest BCUT2D eigenvalue weighted by molar-refractivity contribution is 5.59. The molecular weight excluding hydrogens is 255 g/mol. The van der Waals surface area contributed by atoms with Gasteiger partial charge in [-0.2, -0.15) is 18.4 Å². The fourth-order valence-electron chi connectivity index (χ4n) is 2.00. The molecule has 0 heterocycles. The van der Waals surface area contributed by atoms with Crippen LogP contribution in [0.25, 0.3) is 0 Å². The van der Waals surface area contributed by atoms with E-state index in [0.717, 1.165) is 4.90 Å². The zero-order valence-corrected chi connectivity index (χ0v) is 10.8. The quantitative estimate of drug-likeness (QED) is 0.916. The Kier molecular flexibility index (Phi) is 4.78. The first-order valence-corrected chi connectivity index (χ1v) is 5.87. The van der Waals surface area contributed by atoms with Gasteiger partial charge >= 0.3 is 6.18 Å². The van der Waals surface area contributed by atoms with Crippen molar-refractivity contribution in [2.24, 2.45) is 5.73 Å². The average Bonchev–Trinajstić information content (AvgIpc) is 2.36. The number of alkyl halides is 3. The van der Waals surface area contributed by atoms with Crippen LogP contribution in [0.3, 0.4) is 0 Å². The highest BCUT2D eigenvalue weighted by Crippen LogP contribution is 2.31. The number of hydrogen-bond acceptors (Lipinski definition) is 3. The fourth-order valence-corrected chi connectivity index (χ4v) is 2.00. The van der Waals surface area contributed by atoms with Crippen molar-refractivity contribution in [1.29, 1.82) is 5.26 Å². The molecule has 0 aliphatic carbocycles. The number of hydrogen-bond donors (Lipinski definition) is 1. The molecule has 1 rings (SSSR count). The molecule has 0 radical (unpaired) electrons. The smallest absolute Gasteiger partial charge is 0.361 e. The molecule has 0 aromatic heterocycles. The predicted octanol–water partition coefficient (Wildman–Crippen LogP) is 2.66. The van der Waals surface area contributed by atoms with Gasteiger partial charge in [-0.15, -0.1) is 0 Å². The lowest BCUT2D eigenvalue weighted by Gasteiger charge is -2.35. The first-order chi connectivity index (χ1) is 8.82. The van der Waals surface area contributed by atoms with Gasteiger partial charge in [0, 0.05) is 13.1 Å². The lowest BCUT2D eigenvalue weighted by Crippen LogP contribution is -2.55. The van der Waals surface area contributed by atoms with Gasteiger partial charge in [0.1, 0.15) is 12.1 Å². The minimum atomic E-state index is -4.45. The molecule has 0 amide bonds. The van der Waals surface area contributed by atoms with Crippen LogP contribution in [0.5, 0.6) is 0 Å². The van der Waals surface area contributed by atoms with Crippen molar-refractivity contribution in [3.05, 3.63) is 29.8 Å². The molecule has 2 atom stereocenters. The van der Waals surface area contributed by atoms with Gasteiger partial charge in [0.15, 0.2) is 0 Å². The predicted molar refractivity (Wildman–Crippen MR) is 67.7 cm³/mol. The molecule has 2 N–H and O–H groups in total. The van der Waals surface area contributed by atoms with Crippen molar-refractivity contribution in [1.82, 2.24) is 0 Å². The molecule has 2 unspecified atom stereocenters. The van der Waals surface area contributed by atoms with Gasteiger partial charge in [0.2, 0.25) is 0 Å². The van der Waals surface area contributed by atoms with Crippen LogP contribution in [0.4, 0.5) is 18.9 Å². The third-order valence-electron chi connectivity index (χ3n) is 3.03. The van der Waals surface area contributed by atoms with Crippen molar-refractivity contribution in [2.45, 2.75) is 31.6 Å². The van der Waals surface area contributed by atoms with Crippen molar-refractivity contribution < 1.29 is 13.2 Å². The van der Waals surface area contributed by atoms with E-state index < -0.39 is 18.3 Å². The van der Waals surface area contributed by atoms with Gasteiger partial charge in [0.25, 0.3) is 0 Å². The Labute approximate surface area is 110 Å². The highest BCUT2D eigenvalue weighted by atomic mass is 19.4. The largest absolute Gasteiger partial charge is 0.410 e. The molecule has 3 nitrogen and oxygen atoms in total. The van der Waals surface area contributed by atoms with Crippen LogP contribution in [-0.4, -0.2) is 25.3 Å².